The van der Waals surface area contributed by atoms with E-state index in [0.29, 0.717) is 39.3 Å². The van der Waals surface area contributed by atoms with Crippen LogP contribution in [0.15, 0.2) is 52.9 Å². The van der Waals surface area contributed by atoms with Crippen molar-refractivity contribution >= 4 is 50.3 Å². The zero-order chi connectivity index (χ0) is 21.5. The third kappa shape index (κ3) is 3.30. The first kappa shape index (κ1) is 19.2. The number of benzene rings is 2. The summed E-state index contributed by atoms with van der Waals surface area (Å²) in [5.74, 6) is 0.885. The Hall–Kier alpha value is -3.78. The molecule has 0 fully saturated rings. The van der Waals surface area contributed by atoms with Crippen LogP contribution in [0.3, 0.4) is 0 Å². The number of nitrogens with zero attached hydrogens (tertiary/aromatic N) is 3. The molecule has 0 unspecified atom stereocenters. The average Bonchev–Trinajstić information content (AvgIpc) is 3.34. The van der Waals surface area contributed by atoms with E-state index in [1.807, 2.05) is 55.5 Å². The van der Waals surface area contributed by atoms with Crippen molar-refractivity contribution in [3.05, 3.63) is 65.5 Å². The maximum atomic E-state index is 12.6. The van der Waals surface area contributed by atoms with Crippen LogP contribution in [0.5, 0.6) is 0 Å². The van der Waals surface area contributed by atoms with Gasteiger partial charge in [-0.1, -0.05) is 24.3 Å². The monoisotopic (exact) mass is 430 g/mol. The Morgan fingerprint density at radius 2 is 1.65 bits per heavy atom. The highest BCUT2D eigenvalue weighted by molar-refractivity contribution is 7.21. The number of aryl methyl sites for hydroxylation is 2. The normalized spacial score (nSPS) is 11.2. The summed E-state index contributed by atoms with van der Waals surface area (Å²) in [6, 6.07) is 15.5. The number of anilines is 2. The standard InChI is InChI=1S/C23H18N4O3S/c1-12-20(25-15-9-5-4-8-14(15)24-12)27-21-19(18(13(2)30-21)23(28)29-3)22-26-16-10-6-7-11-17(16)31-22/h4-11H,1-3H3,(H,25,27). The molecule has 31 heavy (non-hydrogen) atoms. The maximum absolute atomic E-state index is 12.6. The van der Waals surface area contributed by atoms with Crippen LogP contribution in [0.1, 0.15) is 21.8 Å². The van der Waals surface area contributed by atoms with Gasteiger partial charge in [-0.2, -0.15) is 0 Å². The predicted octanol–water partition coefficient (Wildman–Crippen LogP) is 5.65. The van der Waals surface area contributed by atoms with Gasteiger partial charge in [0.15, 0.2) is 5.82 Å². The first-order valence-corrected chi connectivity index (χ1v) is 10.4. The van der Waals surface area contributed by atoms with Gasteiger partial charge in [0.2, 0.25) is 5.88 Å². The molecule has 3 aromatic heterocycles. The minimum Gasteiger partial charge on any atom is -0.465 e. The number of methoxy groups -OCH3 is 1. The number of aromatic nitrogens is 3. The third-order valence-corrected chi connectivity index (χ3v) is 6.01. The van der Waals surface area contributed by atoms with Crippen LogP contribution in [0.4, 0.5) is 11.7 Å². The van der Waals surface area contributed by atoms with Gasteiger partial charge in [-0.3, -0.25) is 0 Å². The van der Waals surface area contributed by atoms with Crippen LogP contribution >= 0.6 is 11.3 Å². The van der Waals surface area contributed by atoms with Crippen molar-refractivity contribution in [1.29, 1.82) is 0 Å². The van der Waals surface area contributed by atoms with E-state index in [1.165, 1.54) is 18.4 Å². The van der Waals surface area contributed by atoms with E-state index in [9.17, 15) is 4.79 Å². The topological polar surface area (TPSA) is 90.1 Å². The SMILES string of the molecule is COC(=O)c1c(C)oc(Nc2nc3ccccc3nc2C)c1-c1nc2ccccc2s1. The van der Waals surface area contributed by atoms with E-state index >= 15 is 0 Å². The molecule has 154 valence electrons. The number of carbonyl (C=O) groups is 1. The molecular formula is C23H18N4O3S. The Kier molecular flexibility index (Phi) is 4.63. The number of ether oxygens (including phenoxy) is 1. The zero-order valence-electron chi connectivity index (χ0n) is 17.1. The summed E-state index contributed by atoms with van der Waals surface area (Å²) in [4.78, 5) is 26.6. The number of esters is 1. The van der Waals surface area contributed by atoms with Crippen molar-refractivity contribution in [2.75, 3.05) is 12.4 Å². The second kappa shape index (κ2) is 7.48. The lowest BCUT2D eigenvalue weighted by Crippen LogP contribution is -2.04. The second-order valence-electron chi connectivity index (χ2n) is 6.99. The molecule has 0 aliphatic rings. The van der Waals surface area contributed by atoms with Crippen molar-refractivity contribution in [1.82, 2.24) is 15.0 Å². The summed E-state index contributed by atoms with van der Waals surface area (Å²) in [7, 11) is 1.35. The number of furan rings is 1. The van der Waals surface area contributed by atoms with E-state index < -0.39 is 5.97 Å². The fourth-order valence-corrected chi connectivity index (χ4v) is 4.49. The van der Waals surface area contributed by atoms with E-state index in [-0.39, 0.29) is 0 Å². The van der Waals surface area contributed by atoms with Gasteiger partial charge in [0, 0.05) is 0 Å². The Labute approximate surface area is 181 Å². The van der Waals surface area contributed by atoms with Crippen molar-refractivity contribution in [2.45, 2.75) is 13.8 Å². The number of rotatable bonds is 4. The molecule has 0 bridgehead atoms. The molecule has 0 aliphatic heterocycles. The maximum Gasteiger partial charge on any atom is 0.342 e. The van der Waals surface area contributed by atoms with Gasteiger partial charge in [-0.15, -0.1) is 11.3 Å². The molecule has 1 N–H and O–H groups in total. The van der Waals surface area contributed by atoms with Crippen LogP contribution in [0.25, 0.3) is 31.8 Å². The van der Waals surface area contributed by atoms with E-state index in [2.05, 4.69) is 15.3 Å². The molecule has 0 spiro atoms. The van der Waals surface area contributed by atoms with Gasteiger partial charge in [0.25, 0.3) is 0 Å². The molecule has 0 saturated heterocycles. The summed E-state index contributed by atoms with van der Waals surface area (Å²) in [6.07, 6.45) is 0. The first-order valence-electron chi connectivity index (χ1n) is 9.63. The summed E-state index contributed by atoms with van der Waals surface area (Å²) in [5, 5.41) is 3.89. The molecule has 7 nitrogen and oxygen atoms in total. The van der Waals surface area contributed by atoms with Crippen LogP contribution in [-0.4, -0.2) is 28.0 Å². The van der Waals surface area contributed by atoms with Gasteiger partial charge in [-0.05, 0) is 38.1 Å². The minimum atomic E-state index is -0.482. The molecule has 5 aromatic rings. The first-order chi connectivity index (χ1) is 15.0. The van der Waals surface area contributed by atoms with E-state index in [1.54, 1.807) is 6.92 Å². The van der Waals surface area contributed by atoms with Crippen LogP contribution in [-0.2, 0) is 4.74 Å². The van der Waals surface area contributed by atoms with Crippen LogP contribution in [0.2, 0.25) is 0 Å². The number of hydrogen-bond donors (Lipinski definition) is 1. The molecule has 0 amide bonds. The highest BCUT2D eigenvalue weighted by Gasteiger charge is 2.28. The Bertz CT molecular complexity index is 1420. The van der Waals surface area contributed by atoms with Gasteiger partial charge >= 0.3 is 5.97 Å². The summed E-state index contributed by atoms with van der Waals surface area (Å²) < 4.78 is 12.0. The zero-order valence-corrected chi connectivity index (χ0v) is 17.9. The minimum absolute atomic E-state index is 0.343. The highest BCUT2D eigenvalue weighted by Crippen LogP contribution is 2.41. The van der Waals surface area contributed by atoms with Gasteiger partial charge in [0.05, 0.1) is 39.6 Å². The van der Waals surface area contributed by atoms with E-state index in [4.69, 9.17) is 14.1 Å². The van der Waals surface area contributed by atoms with Gasteiger partial charge in [-0.25, -0.2) is 19.7 Å². The molecule has 3 heterocycles. The Balaban J connectivity index is 1.69. The average molecular weight is 430 g/mol. The number of fused-ring (bicyclic) bond motifs is 2. The number of hydrogen-bond acceptors (Lipinski definition) is 8. The predicted molar refractivity (Wildman–Crippen MR) is 121 cm³/mol. The molecular weight excluding hydrogens is 412 g/mol. The summed E-state index contributed by atoms with van der Waals surface area (Å²) >= 11 is 1.48. The Morgan fingerprint density at radius 3 is 2.35 bits per heavy atom. The smallest absolute Gasteiger partial charge is 0.342 e. The van der Waals surface area contributed by atoms with E-state index in [0.717, 1.165) is 21.3 Å². The summed E-state index contributed by atoms with van der Waals surface area (Å²) in [5.41, 5.74) is 4.03. The highest BCUT2D eigenvalue weighted by atomic mass is 32.1. The number of thiazole rings is 1. The molecule has 0 saturated carbocycles. The lowest BCUT2D eigenvalue weighted by atomic mass is 10.1. The lowest BCUT2D eigenvalue weighted by Gasteiger charge is -2.09. The fraction of sp³-hybridized carbons (Fsp3) is 0.130. The fourth-order valence-electron chi connectivity index (χ4n) is 3.48. The molecule has 2 aromatic carbocycles. The van der Waals surface area contributed by atoms with Crippen LogP contribution in [0, 0.1) is 13.8 Å². The molecule has 5 rings (SSSR count). The lowest BCUT2D eigenvalue weighted by molar-refractivity contribution is 0.0599. The largest absolute Gasteiger partial charge is 0.465 e. The molecule has 8 heteroatoms. The summed E-state index contributed by atoms with van der Waals surface area (Å²) in [6.45, 7) is 3.60. The van der Waals surface area contributed by atoms with Crippen LogP contribution < -0.4 is 5.32 Å². The number of nitrogens with one attached hydrogen (secondary N) is 1. The number of para-hydroxylation sites is 3. The van der Waals surface area contributed by atoms with Crippen molar-refractivity contribution in [2.24, 2.45) is 0 Å². The third-order valence-electron chi connectivity index (χ3n) is 4.96. The number of carbonyl (C=O) groups excluding carboxylic acids is 1. The van der Waals surface area contributed by atoms with Crippen molar-refractivity contribution < 1.29 is 13.9 Å². The van der Waals surface area contributed by atoms with Crippen molar-refractivity contribution in [3.63, 3.8) is 0 Å². The Morgan fingerprint density at radius 1 is 0.968 bits per heavy atom. The van der Waals surface area contributed by atoms with Crippen molar-refractivity contribution in [3.8, 4) is 10.6 Å². The second-order valence-corrected chi connectivity index (χ2v) is 8.02. The quantitative estimate of drug-likeness (QED) is 0.369. The molecule has 0 atom stereocenters. The van der Waals surface area contributed by atoms with Gasteiger partial charge in [0.1, 0.15) is 16.3 Å². The van der Waals surface area contributed by atoms with Gasteiger partial charge < -0.3 is 14.5 Å². The molecule has 0 aliphatic carbocycles. The molecule has 0 radical (unpaired) electrons.